The number of carbonyl (C=O) groups is 5. The second-order valence-corrected chi connectivity index (χ2v) is 37.4. The highest BCUT2D eigenvalue weighted by atomic mass is 35.5. The fourth-order valence-electron chi connectivity index (χ4n) is 15.5. The first kappa shape index (κ1) is 81.6. The van der Waals surface area contributed by atoms with Crippen LogP contribution in [0.2, 0.25) is 5.02 Å². The number of unbranched alkanes of at least 4 members (excludes halogenated alkanes) is 2. The standard InChI is InChI=1S/C80H100ClF3N10O10S4/c1-52(55-19-21-57(22-20-55)73-53(2)85-51-106-73)86-76(99)69-42-64(95)49-94(69)77(100)74(78(3,4)5)88-71(96)16-12-9-13-17-72(97)92-40-38-90(39-41-92)37-35-61(50-105-65-14-10-8-11-15-65)87-68-33-32-66(43-70(68)107(101,102)80(82,83)84)108(103,104)89-75(98)58-25-30-62(31-26-58)93-46-54-18-29-63(93)48-91(45-54)47-59-44-79(6,7)36-34-67(59)56-23-27-60(81)28-24-56/h8,10-11,14-15,19-28,30-33,43,51-52,54,61,63-64,69,74,87,95H,9,12-13,16-18,29,34-42,44-50H2,1-7H3,(H,86,99)(H,88,96)(H,89,98)/t52-,54?,61+,63?,64+,69-,74+/m0/s1. The largest absolute Gasteiger partial charge is 0.501 e. The van der Waals surface area contributed by atoms with Crippen molar-refractivity contribution in [1.82, 2.24) is 39.9 Å². The van der Waals surface area contributed by atoms with Crippen LogP contribution < -0.4 is 25.6 Å². The van der Waals surface area contributed by atoms with Crippen molar-refractivity contribution in [3.8, 4) is 10.4 Å². The van der Waals surface area contributed by atoms with Crippen molar-refractivity contribution >= 4 is 101 Å². The maximum Gasteiger partial charge on any atom is 0.501 e. The number of nitrogens with zero attached hydrogens (tertiary/aromatic N) is 6. The van der Waals surface area contributed by atoms with Gasteiger partial charge in [-0.15, -0.1) is 23.1 Å². The van der Waals surface area contributed by atoms with Crippen LogP contribution in [0.25, 0.3) is 16.0 Å². The lowest BCUT2D eigenvalue weighted by Crippen LogP contribution is -2.57. The van der Waals surface area contributed by atoms with Crippen molar-refractivity contribution in [1.29, 1.82) is 0 Å². The van der Waals surface area contributed by atoms with Crippen LogP contribution in [0.1, 0.15) is 152 Å². The number of sulfone groups is 1. The Morgan fingerprint density at radius 3 is 2.17 bits per heavy atom. The summed E-state index contributed by atoms with van der Waals surface area (Å²) in [6.07, 6.45) is 6.41. The summed E-state index contributed by atoms with van der Waals surface area (Å²) in [5, 5.41) is 20.4. The van der Waals surface area contributed by atoms with Gasteiger partial charge in [-0.2, -0.15) is 13.2 Å². The minimum Gasteiger partial charge on any atom is -0.391 e. The molecular formula is C80H100ClF3N10O10S4. The average molecular weight is 1580 g/mol. The normalized spacial score (nSPS) is 20.4. The number of aliphatic hydroxyl groups is 1. The summed E-state index contributed by atoms with van der Waals surface area (Å²) >= 11 is 9.23. The molecule has 0 radical (unpaired) electrons. The Balaban J connectivity index is 0.656. The molecule has 5 aliphatic heterocycles. The molecule has 6 aromatic rings. The predicted octanol–water partition coefficient (Wildman–Crippen LogP) is 13.2. The summed E-state index contributed by atoms with van der Waals surface area (Å²) in [5.41, 5.74) is 2.64. The van der Waals surface area contributed by atoms with Crippen LogP contribution in [0.4, 0.5) is 24.5 Å². The number of thioether (sulfide) groups is 1. The van der Waals surface area contributed by atoms with Crippen LogP contribution in [-0.4, -0.2) is 183 Å². The lowest BCUT2D eigenvalue weighted by atomic mass is 9.73. The van der Waals surface area contributed by atoms with Gasteiger partial charge in [0.15, 0.2) is 0 Å². The van der Waals surface area contributed by atoms with Crippen LogP contribution in [0.3, 0.4) is 0 Å². The van der Waals surface area contributed by atoms with Crippen molar-refractivity contribution in [2.75, 3.05) is 81.4 Å². The molecule has 12 rings (SSSR count). The topological polar surface area (TPSA) is 251 Å². The van der Waals surface area contributed by atoms with Crippen molar-refractivity contribution in [2.45, 2.75) is 182 Å². The number of amides is 5. The summed E-state index contributed by atoms with van der Waals surface area (Å²) in [7, 11) is -11.2. The highest BCUT2D eigenvalue weighted by Crippen LogP contribution is 2.45. The number of aromatic nitrogens is 1. The molecular weight excluding hydrogens is 1480 g/mol. The number of sulfonamides is 1. The van der Waals surface area contributed by atoms with Crippen LogP contribution in [0.15, 0.2) is 147 Å². The molecule has 0 spiro atoms. The van der Waals surface area contributed by atoms with Crippen LogP contribution in [0.5, 0.6) is 0 Å². The number of anilines is 2. The molecule has 5 saturated heterocycles. The van der Waals surface area contributed by atoms with E-state index in [0.717, 1.165) is 103 Å². The van der Waals surface area contributed by atoms with Crippen molar-refractivity contribution in [3.63, 3.8) is 0 Å². The molecule has 1 aromatic heterocycles. The van der Waals surface area contributed by atoms with E-state index >= 15 is 0 Å². The third-order valence-corrected chi connectivity index (χ3v) is 26.8. The molecule has 5 amide bonds. The predicted molar refractivity (Wildman–Crippen MR) is 419 cm³/mol. The number of piperidine rings is 1. The molecule has 108 heavy (non-hydrogen) atoms. The number of aliphatic hydroxyl groups excluding tert-OH is 1. The first-order valence-corrected chi connectivity index (χ1v) is 42.5. The SMILES string of the molecule is Cc1ncsc1-c1ccc([C@H](C)NC(=O)[C@@H]2C[C@@H](O)CN2C(=O)[C@@H](NC(=O)CCCCCC(=O)N2CCN(CC[C@H](CSc3ccccc3)Nc3ccc(S(=O)(=O)NC(=O)c4ccc(N5CC6CCC5CN(CC5=C(c7ccc(Cl)cc7)CCC(C)(C)C5)C6)cc4)cc3S(=O)(=O)C(F)(F)F)CC2)C(C)(C)C)cc1. The van der Waals surface area contributed by atoms with Gasteiger partial charge in [-0.05, 0) is 171 Å². The lowest BCUT2D eigenvalue weighted by molar-refractivity contribution is -0.144. The maximum atomic E-state index is 14.7. The van der Waals surface area contributed by atoms with Gasteiger partial charge >= 0.3 is 5.51 Å². The van der Waals surface area contributed by atoms with Gasteiger partial charge in [-0.1, -0.05) is 113 Å². The Morgan fingerprint density at radius 2 is 1.49 bits per heavy atom. The monoisotopic (exact) mass is 1580 g/mol. The van der Waals surface area contributed by atoms with E-state index in [2.05, 4.69) is 61.6 Å². The summed E-state index contributed by atoms with van der Waals surface area (Å²) in [6.45, 7) is 19.5. The molecule has 7 atom stereocenters. The Morgan fingerprint density at radius 1 is 0.796 bits per heavy atom. The molecule has 6 aliphatic rings. The van der Waals surface area contributed by atoms with Gasteiger partial charge in [0.05, 0.1) is 38.8 Å². The van der Waals surface area contributed by atoms with E-state index in [4.69, 9.17) is 11.6 Å². The second-order valence-electron chi connectivity index (χ2n) is 31.4. The number of likely N-dealkylation sites (tertiary alicyclic amines) is 1. The maximum absolute atomic E-state index is 14.7. The number of piperazine rings is 1. The van der Waals surface area contributed by atoms with E-state index in [1.54, 1.807) is 33.9 Å². The van der Waals surface area contributed by atoms with Crippen LogP contribution in [0, 0.1) is 23.7 Å². The number of carbonyl (C=O) groups excluding carboxylic acids is 5. The van der Waals surface area contributed by atoms with E-state index in [-0.39, 0.29) is 60.4 Å². The molecule has 2 unspecified atom stereocenters. The van der Waals surface area contributed by atoms with Crippen molar-refractivity contribution in [2.24, 2.45) is 16.7 Å². The number of hydrogen-bond acceptors (Lipinski definition) is 17. The summed E-state index contributed by atoms with van der Waals surface area (Å²) in [5.74, 6) is -1.69. The number of benzene rings is 5. The Bertz CT molecular complexity index is 4440. The molecule has 6 heterocycles. The molecule has 0 saturated carbocycles. The van der Waals surface area contributed by atoms with Crippen LogP contribution >= 0.6 is 34.7 Å². The fourth-order valence-corrected chi connectivity index (χ4v) is 19.4. The molecule has 1 aliphatic carbocycles. The number of nitrogens with one attached hydrogen (secondary N) is 4. The summed E-state index contributed by atoms with van der Waals surface area (Å²) < 4.78 is 101. The third-order valence-electron chi connectivity index (χ3n) is 21.5. The van der Waals surface area contributed by atoms with E-state index in [0.29, 0.717) is 75.4 Å². The van der Waals surface area contributed by atoms with Gasteiger partial charge in [0, 0.05) is 124 Å². The minimum absolute atomic E-state index is 0.0255. The first-order valence-electron chi connectivity index (χ1n) is 37.3. The van der Waals surface area contributed by atoms with Crippen LogP contribution in [-0.2, 0) is 39.0 Å². The minimum atomic E-state index is -6.19. The number of rotatable bonds is 28. The Kier molecular flexibility index (Phi) is 26.4. The zero-order valence-corrected chi connectivity index (χ0v) is 66.4. The number of hydrogen-bond donors (Lipinski definition) is 5. The van der Waals surface area contributed by atoms with Gasteiger partial charge in [-0.25, -0.2) is 26.5 Å². The van der Waals surface area contributed by atoms with Crippen molar-refractivity contribution < 1.29 is 59.1 Å². The number of alkyl halides is 3. The van der Waals surface area contributed by atoms with Gasteiger partial charge in [0.1, 0.15) is 17.0 Å². The highest BCUT2D eigenvalue weighted by Gasteiger charge is 2.49. The lowest BCUT2D eigenvalue weighted by Gasteiger charge is -2.38. The zero-order chi connectivity index (χ0) is 77.5. The van der Waals surface area contributed by atoms with Gasteiger partial charge in [0.25, 0.3) is 25.8 Å². The Labute approximate surface area is 646 Å². The number of β-amino-alcohol motifs (C(OH)–C–C–N with tert-alkyl or cyclic N) is 1. The second kappa shape index (κ2) is 34.9. The van der Waals surface area contributed by atoms with E-state index in [1.807, 2.05) is 106 Å². The van der Waals surface area contributed by atoms with E-state index < -0.39 is 94.3 Å². The molecule has 20 nitrogen and oxygen atoms in total. The van der Waals surface area contributed by atoms with Gasteiger partial charge in [-0.3, -0.25) is 33.8 Å². The highest BCUT2D eigenvalue weighted by molar-refractivity contribution is 7.99. The smallest absolute Gasteiger partial charge is 0.391 e. The first-order chi connectivity index (χ1) is 51.2. The number of halogens is 4. The fraction of sp³-hybridized carbons (Fsp3) is 0.500. The number of fused-ring (bicyclic) bond motifs is 4. The van der Waals surface area contributed by atoms with E-state index in [1.165, 1.54) is 45.5 Å². The number of thiazole rings is 1. The molecule has 5 fully saturated rings. The third kappa shape index (κ3) is 20.6. The number of aryl methyl sites for hydroxylation is 1. The molecule has 2 bridgehead atoms. The van der Waals surface area contributed by atoms with Crippen molar-refractivity contribution in [3.05, 3.63) is 160 Å². The zero-order valence-electron chi connectivity index (χ0n) is 62.4. The molecule has 582 valence electrons. The van der Waals surface area contributed by atoms with Gasteiger partial charge in [0.2, 0.25) is 23.6 Å². The number of allylic oxidation sites excluding steroid dienone is 1. The Hall–Kier alpha value is -7.37. The molecule has 5 N–H and O–H groups in total. The molecule has 5 aromatic carbocycles. The summed E-state index contributed by atoms with van der Waals surface area (Å²) in [4.78, 5) is 83.2. The quantitative estimate of drug-likeness (QED) is 0.0226. The average Bonchev–Trinajstić information content (AvgIpc) is 0.800. The summed E-state index contributed by atoms with van der Waals surface area (Å²) in [6, 6.07) is 31.3. The van der Waals surface area contributed by atoms with Gasteiger partial charge < -0.3 is 35.8 Å². The van der Waals surface area contributed by atoms with E-state index in [9.17, 15) is 59.1 Å². The molecule has 28 heteroatoms.